The van der Waals surface area contributed by atoms with Crippen LogP contribution in [0, 0.1) is 18.7 Å². The molecule has 0 bridgehead atoms. The number of halogens is 3. The molecule has 1 aromatic carbocycles. The fraction of sp³-hybridized carbons (Fsp3) is 0.556. The lowest BCUT2D eigenvalue weighted by Crippen LogP contribution is -2.32. The van der Waals surface area contributed by atoms with Crippen LogP contribution in [-0.4, -0.2) is 41.9 Å². The van der Waals surface area contributed by atoms with Gasteiger partial charge in [-0.25, -0.2) is 9.18 Å². The van der Waals surface area contributed by atoms with E-state index in [1.54, 1.807) is 11.8 Å². The Morgan fingerprint density at radius 1 is 1.28 bits per heavy atom. The van der Waals surface area contributed by atoms with Crippen LogP contribution in [0.4, 0.5) is 24.5 Å². The first kappa shape index (κ1) is 19.8. The molecule has 1 aliphatic heterocycles. The molecule has 29 heavy (non-hydrogen) atoms. The van der Waals surface area contributed by atoms with Crippen molar-refractivity contribution in [2.75, 3.05) is 30.3 Å². The van der Waals surface area contributed by atoms with E-state index in [0.717, 1.165) is 12.8 Å². The lowest BCUT2D eigenvalue weighted by atomic mass is 10.0. The quantitative estimate of drug-likeness (QED) is 0.631. The summed E-state index contributed by atoms with van der Waals surface area (Å²) in [7, 11) is 0. The van der Waals surface area contributed by atoms with E-state index < -0.39 is 35.7 Å². The number of rotatable bonds is 5. The molecule has 2 unspecified atom stereocenters. The predicted molar refractivity (Wildman–Crippen MR) is 102 cm³/mol. The Kier molecular flexibility index (Phi) is 4.82. The molecule has 2 heterocycles. The largest absolute Gasteiger partial charge is 0.396 e. The van der Waals surface area contributed by atoms with E-state index in [1.165, 1.54) is 4.57 Å². The van der Waals surface area contributed by atoms with Crippen LogP contribution in [0.25, 0.3) is 10.9 Å². The molecule has 158 valence electrons. The Labute approximate surface area is 163 Å². The van der Waals surface area contributed by atoms with Crippen LogP contribution >= 0.6 is 0 Å². The fourth-order valence-corrected chi connectivity index (χ4v) is 4.28. The zero-order valence-electron chi connectivity index (χ0n) is 15.8. The summed E-state index contributed by atoms with van der Waals surface area (Å²) in [5, 5.41) is -0.0785. The smallest absolute Gasteiger partial charge is 0.345 e. The highest BCUT2D eigenvalue weighted by molar-refractivity contribution is 5.97. The molecule has 2 fully saturated rings. The Morgan fingerprint density at radius 2 is 1.97 bits per heavy atom. The molecule has 8 nitrogen and oxygen atoms in total. The van der Waals surface area contributed by atoms with Gasteiger partial charge in [-0.3, -0.25) is 14.3 Å². The molecule has 2 atom stereocenters. The molecule has 4 rings (SSSR count). The molecule has 1 aliphatic carbocycles. The average Bonchev–Trinajstić information content (AvgIpc) is 3.40. The molecule has 0 radical (unpaired) electrons. The molecular weight excluding hydrogens is 391 g/mol. The number of fused-ring (bicyclic) bond motifs is 1. The molecular formula is C18H22F3N5O3. The second-order valence-corrected chi connectivity index (χ2v) is 7.62. The summed E-state index contributed by atoms with van der Waals surface area (Å²) in [4.78, 5) is 28.6. The summed E-state index contributed by atoms with van der Waals surface area (Å²) in [5.74, 6) is -1.25. The molecule has 5 N–H and O–H groups in total. The number of benzene rings is 1. The van der Waals surface area contributed by atoms with Crippen LogP contribution in [0.15, 0.2) is 9.59 Å². The molecule has 2 aliphatic rings. The van der Waals surface area contributed by atoms with Crippen molar-refractivity contribution in [2.45, 2.75) is 38.5 Å². The van der Waals surface area contributed by atoms with Gasteiger partial charge in [-0.1, -0.05) is 0 Å². The first-order valence-electron chi connectivity index (χ1n) is 9.39. The number of anilines is 2. The Balaban J connectivity index is 1.91. The molecule has 1 saturated heterocycles. The number of nitrogens with two attached hydrogens (primary N) is 2. The van der Waals surface area contributed by atoms with E-state index in [9.17, 15) is 18.4 Å². The van der Waals surface area contributed by atoms with Gasteiger partial charge in [-0.2, -0.15) is 8.78 Å². The van der Waals surface area contributed by atoms with E-state index in [4.69, 9.17) is 11.5 Å². The van der Waals surface area contributed by atoms with E-state index in [-0.39, 0.29) is 48.0 Å². The van der Waals surface area contributed by atoms with Crippen molar-refractivity contribution in [2.24, 2.45) is 11.7 Å². The summed E-state index contributed by atoms with van der Waals surface area (Å²) in [6.07, 6.45) is 0.646. The third-order valence-corrected chi connectivity index (χ3v) is 5.76. The van der Waals surface area contributed by atoms with Gasteiger partial charge in [0.05, 0.1) is 28.4 Å². The minimum Gasteiger partial charge on any atom is -0.396 e. The number of aryl methyl sites for hydroxylation is 1. The number of aromatic nitrogens is 2. The molecule has 1 saturated carbocycles. The standard InChI is InChI=1S/C18H22F3N5O3/c1-7-14-11(16(27)24-18(28)26(14)9-2-3-9)13(23)12(19)15(7)25-5-8(4-22)10(6-25)29-17(20)21/h8-10,17H,2-6,22-23H2,1H3,(H,24,27,28). The van der Waals surface area contributed by atoms with Crippen molar-refractivity contribution in [1.82, 2.24) is 9.55 Å². The third-order valence-electron chi connectivity index (χ3n) is 5.76. The molecule has 11 heteroatoms. The van der Waals surface area contributed by atoms with Gasteiger partial charge in [0.2, 0.25) is 0 Å². The SMILES string of the molecule is Cc1c(N2CC(CN)C(OC(F)F)C2)c(F)c(N)c2c(=O)[nH]c(=O)n(C3CC3)c12. The first-order valence-corrected chi connectivity index (χ1v) is 9.39. The number of hydrogen-bond donors (Lipinski definition) is 3. The number of ether oxygens (including phenoxy) is 1. The maximum absolute atomic E-state index is 15.3. The number of nitrogens with zero attached hydrogens (tertiary/aromatic N) is 2. The van der Waals surface area contributed by atoms with Gasteiger partial charge in [0.25, 0.3) is 5.56 Å². The van der Waals surface area contributed by atoms with Crippen LogP contribution in [0.2, 0.25) is 0 Å². The second kappa shape index (κ2) is 7.06. The predicted octanol–water partition coefficient (Wildman–Crippen LogP) is 1.06. The zero-order valence-corrected chi connectivity index (χ0v) is 15.8. The summed E-state index contributed by atoms with van der Waals surface area (Å²) in [6.45, 7) is -1.11. The van der Waals surface area contributed by atoms with Gasteiger partial charge in [0, 0.05) is 30.6 Å². The Hall–Kier alpha value is -2.53. The van der Waals surface area contributed by atoms with Crippen molar-refractivity contribution in [3.8, 4) is 0 Å². The van der Waals surface area contributed by atoms with Crippen molar-refractivity contribution in [3.05, 3.63) is 32.2 Å². The molecule has 2 aromatic rings. The van der Waals surface area contributed by atoms with Gasteiger partial charge >= 0.3 is 12.3 Å². The molecule has 0 amide bonds. The van der Waals surface area contributed by atoms with Crippen molar-refractivity contribution < 1.29 is 17.9 Å². The van der Waals surface area contributed by atoms with Gasteiger partial charge in [-0.15, -0.1) is 0 Å². The summed E-state index contributed by atoms with van der Waals surface area (Å²) in [6, 6.07) is -0.0939. The van der Waals surface area contributed by atoms with Crippen LogP contribution in [0.3, 0.4) is 0 Å². The number of nitrogen functional groups attached to an aromatic ring is 1. The van der Waals surface area contributed by atoms with Crippen LogP contribution in [0.1, 0.15) is 24.4 Å². The number of hydrogen-bond acceptors (Lipinski definition) is 6. The third kappa shape index (κ3) is 3.18. The van der Waals surface area contributed by atoms with E-state index >= 15 is 4.39 Å². The number of aromatic amines is 1. The summed E-state index contributed by atoms with van der Waals surface area (Å²) in [5.41, 5.74) is 10.7. The Bertz CT molecular complexity index is 1080. The van der Waals surface area contributed by atoms with E-state index in [0.29, 0.717) is 5.56 Å². The molecule has 1 aromatic heterocycles. The maximum Gasteiger partial charge on any atom is 0.345 e. The van der Waals surface area contributed by atoms with E-state index in [2.05, 4.69) is 9.72 Å². The van der Waals surface area contributed by atoms with Gasteiger partial charge in [0.1, 0.15) is 0 Å². The first-order chi connectivity index (χ1) is 13.7. The van der Waals surface area contributed by atoms with Crippen LogP contribution in [0.5, 0.6) is 0 Å². The van der Waals surface area contributed by atoms with Crippen molar-refractivity contribution in [1.29, 1.82) is 0 Å². The lowest BCUT2D eigenvalue weighted by molar-refractivity contribution is -0.165. The monoisotopic (exact) mass is 413 g/mol. The number of alkyl halides is 2. The highest BCUT2D eigenvalue weighted by Crippen LogP contribution is 2.41. The summed E-state index contributed by atoms with van der Waals surface area (Å²) < 4.78 is 46.8. The van der Waals surface area contributed by atoms with Crippen LogP contribution < -0.4 is 27.6 Å². The minimum atomic E-state index is -2.97. The van der Waals surface area contributed by atoms with Gasteiger partial charge in [-0.05, 0) is 26.3 Å². The molecule has 0 spiro atoms. The zero-order chi connectivity index (χ0) is 21.0. The number of nitrogens with one attached hydrogen (secondary N) is 1. The average molecular weight is 413 g/mol. The fourth-order valence-electron chi connectivity index (χ4n) is 4.28. The topological polar surface area (TPSA) is 119 Å². The van der Waals surface area contributed by atoms with E-state index in [1.807, 2.05) is 0 Å². The van der Waals surface area contributed by atoms with Crippen molar-refractivity contribution >= 4 is 22.3 Å². The van der Waals surface area contributed by atoms with Crippen LogP contribution in [-0.2, 0) is 4.74 Å². The van der Waals surface area contributed by atoms with Crippen molar-refractivity contribution in [3.63, 3.8) is 0 Å². The minimum absolute atomic E-state index is 0.00817. The number of H-pyrrole nitrogens is 1. The highest BCUT2D eigenvalue weighted by atomic mass is 19.3. The normalized spacial score (nSPS) is 22.2. The highest BCUT2D eigenvalue weighted by Gasteiger charge is 2.38. The maximum atomic E-state index is 15.3. The van der Waals surface area contributed by atoms with Gasteiger partial charge in [0.15, 0.2) is 5.82 Å². The lowest BCUT2D eigenvalue weighted by Gasteiger charge is -2.25. The second-order valence-electron chi connectivity index (χ2n) is 7.62. The Morgan fingerprint density at radius 3 is 2.55 bits per heavy atom. The summed E-state index contributed by atoms with van der Waals surface area (Å²) >= 11 is 0. The van der Waals surface area contributed by atoms with Gasteiger partial charge < -0.3 is 21.1 Å².